The van der Waals surface area contributed by atoms with Gasteiger partial charge in [-0.3, -0.25) is 4.98 Å². The topological polar surface area (TPSA) is 98.8 Å². The van der Waals surface area contributed by atoms with E-state index in [0.717, 1.165) is 24.2 Å². The summed E-state index contributed by atoms with van der Waals surface area (Å²) >= 11 is 0. The molecule has 1 aliphatic carbocycles. The molecule has 0 amide bonds. The first kappa shape index (κ1) is 19.2. The highest BCUT2D eigenvalue weighted by Crippen LogP contribution is 2.38. The summed E-state index contributed by atoms with van der Waals surface area (Å²) in [6.07, 6.45) is 5.67. The van der Waals surface area contributed by atoms with E-state index in [0.29, 0.717) is 29.2 Å². The lowest BCUT2D eigenvalue weighted by Gasteiger charge is -2.24. The Hall–Kier alpha value is -3.13. The molecule has 1 aliphatic rings. The number of benzene rings is 1. The van der Waals surface area contributed by atoms with Crippen LogP contribution in [0.25, 0.3) is 11.1 Å². The lowest BCUT2D eigenvalue weighted by Crippen LogP contribution is -2.36. The number of nitrogens with two attached hydrogens (primary N) is 1. The fraction of sp³-hybridized carbons (Fsp3) is 0.333. The average molecular weight is 394 g/mol. The Balaban J connectivity index is 1.51. The van der Waals surface area contributed by atoms with Crippen LogP contribution in [0.1, 0.15) is 30.7 Å². The smallest absolute Gasteiger partial charge is 0.242 e. The average Bonchev–Trinajstić information content (AvgIpc) is 3.11. The Morgan fingerprint density at radius 1 is 1.17 bits per heavy atom. The summed E-state index contributed by atoms with van der Waals surface area (Å²) < 4.78 is 19.6. The summed E-state index contributed by atoms with van der Waals surface area (Å²) in [5.41, 5.74) is 8.70. The minimum absolute atomic E-state index is 0.137. The van der Waals surface area contributed by atoms with Crippen molar-refractivity contribution in [3.8, 4) is 16.9 Å². The SMILES string of the molecule is COc1cccc(F)c1-c1ccc(C2(N)CCC(Nc3ncc(C)nn3)C2)nc1. The van der Waals surface area contributed by atoms with E-state index in [2.05, 4.69) is 25.5 Å². The quantitative estimate of drug-likeness (QED) is 0.685. The van der Waals surface area contributed by atoms with Gasteiger partial charge in [0.05, 0.1) is 35.8 Å². The van der Waals surface area contributed by atoms with Crippen molar-refractivity contribution in [2.24, 2.45) is 5.73 Å². The van der Waals surface area contributed by atoms with Crippen LogP contribution >= 0.6 is 0 Å². The number of anilines is 1. The fourth-order valence-corrected chi connectivity index (χ4v) is 3.80. The van der Waals surface area contributed by atoms with Gasteiger partial charge >= 0.3 is 0 Å². The van der Waals surface area contributed by atoms with E-state index in [1.54, 1.807) is 24.5 Å². The Morgan fingerprint density at radius 2 is 2.03 bits per heavy atom. The molecule has 29 heavy (non-hydrogen) atoms. The zero-order valence-corrected chi connectivity index (χ0v) is 16.4. The van der Waals surface area contributed by atoms with Crippen LogP contribution in [-0.4, -0.2) is 33.3 Å². The molecule has 7 nitrogen and oxygen atoms in total. The molecule has 0 radical (unpaired) electrons. The highest BCUT2D eigenvalue weighted by molar-refractivity contribution is 5.70. The van der Waals surface area contributed by atoms with Crippen molar-refractivity contribution in [3.63, 3.8) is 0 Å². The fourth-order valence-electron chi connectivity index (χ4n) is 3.80. The first-order valence-electron chi connectivity index (χ1n) is 9.50. The van der Waals surface area contributed by atoms with Crippen molar-refractivity contribution in [2.75, 3.05) is 12.4 Å². The van der Waals surface area contributed by atoms with E-state index in [1.807, 2.05) is 19.1 Å². The Kier molecular flexibility index (Phi) is 5.10. The van der Waals surface area contributed by atoms with Gasteiger partial charge in [0.15, 0.2) is 0 Å². The van der Waals surface area contributed by atoms with Gasteiger partial charge in [-0.05, 0) is 44.4 Å². The van der Waals surface area contributed by atoms with Crippen molar-refractivity contribution < 1.29 is 9.13 Å². The highest BCUT2D eigenvalue weighted by Gasteiger charge is 2.38. The molecule has 2 aromatic heterocycles. The maximum absolute atomic E-state index is 14.3. The third-order valence-corrected chi connectivity index (χ3v) is 5.32. The largest absolute Gasteiger partial charge is 0.496 e. The summed E-state index contributed by atoms with van der Waals surface area (Å²) in [6.45, 7) is 1.84. The van der Waals surface area contributed by atoms with E-state index in [4.69, 9.17) is 10.5 Å². The zero-order valence-electron chi connectivity index (χ0n) is 16.4. The van der Waals surface area contributed by atoms with Gasteiger partial charge in [0.1, 0.15) is 11.6 Å². The molecule has 1 aromatic carbocycles. The molecule has 8 heteroatoms. The second-order valence-electron chi connectivity index (χ2n) is 7.41. The summed E-state index contributed by atoms with van der Waals surface area (Å²) in [6, 6.07) is 8.60. The highest BCUT2D eigenvalue weighted by atomic mass is 19.1. The maximum atomic E-state index is 14.3. The number of halogens is 1. The van der Waals surface area contributed by atoms with Gasteiger partial charge in [0, 0.05) is 17.8 Å². The molecule has 2 atom stereocenters. The summed E-state index contributed by atoms with van der Waals surface area (Å²) in [7, 11) is 1.52. The molecule has 0 saturated heterocycles. The van der Waals surface area contributed by atoms with Crippen molar-refractivity contribution in [1.29, 1.82) is 0 Å². The molecule has 4 rings (SSSR count). The number of hydrogen-bond acceptors (Lipinski definition) is 7. The molecule has 0 spiro atoms. The first-order chi connectivity index (χ1) is 14.0. The molecule has 1 fully saturated rings. The third kappa shape index (κ3) is 3.88. The number of aromatic nitrogens is 4. The van der Waals surface area contributed by atoms with Gasteiger partial charge in [0.2, 0.25) is 5.95 Å². The second kappa shape index (κ2) is 7.71. The maximum Gasteiger partial charge on any atom is 0.242 e. The second-order valence-corrected chi connectivity index (χ2v) is 7.41. The van der Waals surface area contributed by atoms with Crippen LogP contribution in [0.5, 0.6) is 5.75 Å². The number of methoxy groups -OCH3 is 1. The molecule has 2 heterocycles. The molecule has 3 N–H and O–H groups in total. The van der Waals surface area contributed by atoms with Gasteiger partial charge in [-0.2, -0.15) is 5.10 Å². The number of nitrogens with zero attached hydrogens (tertiary/aromatic N) is 4. The van der Waals surface area contributed by atoms with Gasteiger partial charge < -0.3 is 15.8 Å². The Labute approximate surface area is 168 Å². The molecular formula is C21H23FN6O. The van der Waals surface area contributed by atoms with Crippen LogP contribution in [0.3, 0.4) is 0 Å². The van der Waals surface area contributed by atoms with E-state index in [-0.39, 0.29) is 11.9 Å². The van der Waals surface area contributed by atoms with Gasteiger partial charge in [-0.15, -0.1) is 5.10 Å². The summed E-state index contributed by atoms with van der Waals surface area (Å²) in [4.78, 5) is 8.80. The van der Waals surface area contributed by atoms with Crippen LogP contribution in [0.4, 0.5) is 10.3 Å². The molecule has 0 aliphatic heterocycles. The van der Waals surface area contributed by atoms with Gasteiger partial charge in [-0.25, -0.2) is 9.37 Å². The van der Waals surface area contributed by atoms with E-state index in [1.165, 1.54) is 13.2 Å². The number of ether oxygens (including phenoxy) is 1. The first-order valence-corrected chi connectivity index (χ1v) is 9.50. The van der Waals surface area contributed by atoms with E-state index in [9.17, 15) is 4.39 Å². The van der Waals surface area contributed by atoms with Crippen molar-refractivity contribution in [2.45, 2.75) is 37.8 Å². The molecule has 3 aromatic rings. The van der Waals surface area contributed by atoms with E-state index >= 15 is 0 Å². The van der Waals surface area contributed by atoms with Crippen LogP contribution < -0.4 is 15.8 Å². The zero-order chi connectivity index (χ0) is 20.4. The van der Waals surface area contributed by atoms with Crippen LogP contribution in [0, 0.1) is 12.7 Å². The lowest BCUT2D eigenvalue weighted by atomic mass is 9.93. The van der Waals surface area contributed by atoms with Crippen molar-refractivity contribution >= 4 is 5.95 Å². The summed E-state index contributed by atoms with van der Waals surface area (Å²) in [5.74, 6) is 0.622. The lowest BCUT2D eigenvalue weighted by molar-refractivity contribution is 0.413. The number of rotatable bonds is 5. The minimum atomic E-state index is -0.562. The number of nitrogens with one attached hydrogen (secondary N) is 1. The van der Waals surface area contributed by atoms with E-state index < -0.39 is 5.54 Å². The molecule has 2 unspecified atom stereocenters. The molecule has 0 bridgehead atoms. The Morgan fingerprint density at radius 3 is 2.72 bits per heavy atom. The van der Waals surface area contributed by atoms with Gasteiger partial charge in [0.25, 0.3) is 0 Å². The molecular weight excluding hydrogens is 371 g/mol. The third-order valence-electron chi connectivity index (χ3n) is 5.32. The van der Waals surface area contributed by atoms with Crippen molar-refractivity contribution in [3.05, 3.63) is 59.9 Å². The normalized spacial score (nSPS) is 21.2. The summed E-state index contributed by atoms with van der Waals surface area (Å²) in [5, 5.41) is 11.4. The van der Waals surface area contributed by atoms with Crippen molar-refractivity contribution in [1.82, 2.24) is 20.2 Å². The monoisotopic (exact) mass is 394 g/mol. The standard InChI is InChI=1S/C21H23FN6O/c1-13-11-25-20(28-27-13)26-15-8-9-21(23,10-15)18-7-6-14(12-24-18)19-16(22)4-3-5-17(19)29-2/h3-7,11-12,15H,8-10,23H2,1-2H3,(H,25,26,28). The minimum Gasteiger partial charge on any atom is -0.496 e. The predicted molar refractivity (Wildman–Crippen MR) is 108 cm³/mol. The number of pyridine rings is 1. The number of aryl methyl sites for hydroxylation is 1. The van der Waals surface area contributed by atoms with Crippen LogP contribution in [0.2, 0.25) is 0 Å². The Bertz CT molecular complexity index is 995. The van der Waals surface area contributed by atoms with Gasteiger partial charge in [-0.1, -0.05) is 12.1 Å². The van der Waals surface area contributed by atoms with Crippen LogP contribution in [-0.2, 0) is 5.54 Å². The predicted octanol–water partition coefficient (Wildman–Crippen LogP) is 3.21. The van der Waals surface area contributed by atoms with Crippen LogP contribution in [0.15, 0.2) is 42.7 Å². The molecule has 1 saturated carbocycles. The molecule has 150 valence electrons. The number of hydrogen-bond donors (Lipinski definition) is 2.